The van der Waals surface area contributed by atoms with Crippen LogP contribution < -0.4 is 10.6 Å². The molecule has 0 spiro atoms. The van der Waals surface area contributed by atoms with Gasteiger partial charge in [-0.2, -0.15) is 0 Å². The molecule has 0 aromatic heterocycles. The summed E-state index contributed by atoms with van der Waals surface area (Å²) in [5.41, 5.74) is 4.62. The van der Waals surface area contributed by atoms with Gasteiger partial charge in [-0.15, -0.1) is 0 Å². The van der Waals surface area contributed by atoms with E-state index in [2.05, 4.69) is 34.9 Å². The summed E-state index contributed by atoms with van der Waals surface area (Å²) in [6, 6.07) is 15.9. The molecule has 3 unspecified atom stereocenters. The van der Waals surface area contributed by atoms with E-state index in [1.54, 1.807) is 6.92 Å². The summed E-state index contributed by atoms with van der Waals surface area (Å²) in [5.74, 6) is -1.45. The number of hydrogen-bond donors (Lipinski definition) is 3. The van der Waals surface area contributed by atoms with E-state index >= 15 is 0 Å². The summed E-state index contributed by atoms with van der Waals surface area (Å²) in [6.45, 7) is 2.33. The SMILES string of the molecule is CC(CC(=O)NCC1CCCCC1C(=O)O)NC(=O)OCC1c2ccccc2-c2ccccc21. The third-order valence-electron chi connectivity index (χ3n) is 6.99. The van der Waals surface area contributed by atoms with Crippen molar-refractivity contribution in [3.05, 3.63) is 59.7 Å². The topological polar surface area (TPSA) is 105 Å². The van der Waals surface area contributed by atoms with Gasteiger partial charge in [0.05, 0.1) is 5.92 Å². The zero-order chi connectivity index (χ0) is 24.1. The molecule has 1 fully saturated rings. The van der Waals surface area contributed by atoms with Crippen molar-refractivity contribution >= 4 is 18.0 Å². The molecule has 1 saturated carbocycles. The second kappa shape index (κ2) is 10.7. The van der Waals surface area contributed by atoms with E-state index in [9.17, 15) is 19.5 Å². The number of hydrogen-bond acceptors (Lipinski definition) is 4. The van der Waals surface area contributed by atoms with Crippen LogP contribution in [-0.4, -0.2) is 42.3 Å². The first-order chi connectivity index (χ1) is 16.4. The molecule has 7 nitrogen and oxygen atoms in total. The standard InChI is InChI=1S/C27H32N2O5/c1-17(14-25(30)28-15-18-8-2-3-9-19(18)26(31)32)29-27(33)34-16-24-22-12-6-4-10-20(22)21-11-5-7-13-23(21)24/h4-7,10-13,17-19,24H,2-3,8-9,14-16H2,1H3,(H,28,30)(H,29,33)(H,31,32). The number of ether oxygens (including phenoxy) is 1. The zero-order valence-corrected chi connectivity index (χ0v) is 19.5. The predicted octanol–water partition coefficient (Wildman–Crippen LogP) is 4.31. The number of aliphatic carboxylic acids is 1. The van der Waals surface area contributed by atoms with Crippen LogP contribution in [0, 0.1) is 11.8 Å². The molecule has 0 heterocycles. The minimum atomic E-state index is -0.788. The molecule has 0 bridgehead atoms. The number of fused-ring (bicyclic) bond motifs is 3. The van der Waals surface area contributed by atoms with Crippen molar-refractivity contribution in [2.24, 2.45) is 11.8 Å². The molecule has 2 aliphatic rings. The van der Waals surface area contributed by atoms with Crippen molar-refractivity contribution in [2.45, 2.75) is 51.0 Å². The van der Waals surface area contributed by atoms with Crippen molar-refractivity contribution in [1.82, 2.24) is 10.6 Å². The maximum atomic E-state index is 12.4. The highest BCUT2D eigenvalue weighted by atomic mass is 16.5. The Labute approximate surface area is 199 Å². The summed E-state index contributed by atoms with van der Waals surface area (Å²) in [5, 5.41) is 15.0. The molecular formula is C27H32N2O5. The Hall–Kier alpha value is -3.35. The molecule has 34 heavy (non-hydrogen) atoms. The summed E-state index contributed by atoms with van der Waals surface area (Å²) in [4.78, 5) is 36.2. The van der Waals surface area contributed by atoms with Gasteiger partial charge < -0.3 is 20.5 Å². The Morgan fingerprint density at radius 2 is 1.62 bits per heavy atom. The van der Waals surface area contributed by atoms with E-state index in [4.69, 9.17) is 4.74 Å². The lowest BCUT2D eigenvalue weighted by Gasteiger charge is -2.28. The Morgan fingerprint density at radius 3 is 2.26 bits per heavy atom. The molecular weight excluding hydrogens is 432 g/mol. The van der Waals surface area contributed by atoms with Gasteiger partial charge in [-0.05, 0) is 47.9 Å². The van der Waals surface area contributed by atoms with Crippen LogP contribution in [-0.2, 0) is 14.3 Å². The Balaban J connectivity index is 1.24. The fourth-order valence-electron chi connectivity index (χ4n) is 5.26. The van der Waals surface area contributed by atoms with Crippen LogP contribution in [0.3, 0.4) is 0 Å². The number of rotatable bonds is 8. The Bertz CT molecular complexity index is 1010. The highest BCUT2D eigenvalue weighted by Gasteiger charge is 2.31. The van der Waals surface area contributed by atoms with Crippen LogP contribution in [0.5, 0.6) is 0 Å². The third-order valence-corrected chi connectivity index (χ3v) is 6.99. The molecule has 2 aromatic carbocycles. The molecule has 180 valence electrons. The molecule has 2 aromatic rings. The largest absolute Gasteiger partial charge is 0.481 e. The number of alkyl carbamates (subject to hydrolysis) is 1. The van der Waals surface area contributed by atoms with Crippen LogP contribution in [0.15, 0.2) is 48.5 Å². The quantitative estimate of drug-likeness (QED) is 0.540. The van der Waals surface area contributed by atoms with Gasteiger partial charge in [-0.1, -0.05) is 61.4 Å². The number of nitrogens with one attached hydrogen (secondary N) is 2. The zero-order valence-electron chi connectivity index (χ0n) is 19.5. The van der Waals surface area contributed by atoms with E-state index in [-0.39, 0.29) is 30.8 Å². The smallest absolute Gasteiger partial charge is 0.407 e. The molecule has 0 saturated heterocycles. The van der Waals surface area contributed by atoms with Crippen molar-refractivity contribution in [3.8, 4) is 11.1 Å². The molecule has 0 radical (unpaired) electrons. The maximum Gasteiger partial charge on any atom is 0.407 e. The van der Waals surface area contributed by atoms with E-state index in [0.717, 1.165) is 30.4 Å². The summed E-state index contributed by atoms with van der Waals surface area (Å²) in [7, 11) is 0. The van der Waals surface area contributed by atoms with Crippen molar-refractivity contribution in [1.29, 1.82) is 0 Å². The predicted molar refractivity (Wildman–Crippen MR) is 128 cm³/mol. The average Bonchev–Trinajstić information content (AvgIpc) is 3.15. The van der Waals surface area contributed by atoms with Crippen LogP contribution in [0.4, 0.5) is 4.79 Å². The first-order valence-corrected chi connectivity index (χ1v) is 12.0. The molecule has 2 aliphatic carbocycles. The van der Waals surface area contributed by atoms with Crippen molar-refractivity contribution in [3.63, 3.8) is 0 Å². The molecule has 0 aliphatic heterocycles. The summed E-state index contributed by atoms with van der Waals surface area (Å²) >= 11 is 0. The minimum absolute atomic E-state index is 0.0190. The number of benzene rings is 2. The Kier molecular flexibility index (Phi) is 7.50. The lowest BCUT2D eigenvalue weighted by Crippen LogP contribution is -2.41. The fraction of sp³-hybridized carbons (Fsp3) is 0.444. The van der Waals surface area contributed by atoms with Gasteiger partial charge >= 0.3 is 12.1 Å². The minimum Gasteiger partial charge on any atom is -0.481 e. The normalized spacial score (nSPS) is 20.0. The Morgan fingerprint density at radius 1 is 1.00 bits per heavy atom. The van der Waals surface area contributed by atoms with Gasteiger partial charge in [-0.3, -0.25) is 9.59 Å². The van der Waals surface area contributed by atoms with E-state index in [0.29, 0.717) is 13.0 Å². The first-order valence-electron chi connectivity index (χ1n) is 12.0. The average molecular weight is 465 g/mol. The number of carboxylic acids is 1. The monoisotopic (exact) mass is 464 g/mol. The summed E-state index contributed by atoms with van der Waals surface area (Å²) in [6.07, 6.45) is 2.93. The highest BCUT2D eigenvalue weighted by Crippen LogP contribution is 2.44. The highest BCUT2D eigenvalue weighted by molar-refractivity contribution is 5.79. The van der Waals surface area contributed by atoms with E-state index < -0.39 is 24.0 Å². The van der Waals surface area contributed by atoms with Crippen LogP contribution in [0.1, 0.15) is 56.1 Å². The molecule has 7 heteroatoms. The van der Waals surface area contributed by atoms with Gasteiger partial charge in [0.1, 0.15) is 6.61 Å². The molecule has 2 amide bonds. The van der Waals surface area contributed by atoms with Gasteiger partial charge in [0.15, 0.2) is 0 Å². The first kappa shape index (κ1) is 23.8. The van der Waals surface area contributed by atoms with Gasteiger partial charge in [0, 0.05) is 24.9 Å². The van der Waals surface area contributed by atoms with Crippen LogP contribution in [0.2, 0.25) is 0 Å². The number of carbonyl (C=O) groups is 3. The number of amides is 2. The lowest BCUT2D eigenvalue weighted by atomic mass is 9.79. The van der Waals surface area contributed by atoms with Gasteiger partial charge in [0.25, 0.3) is 0 Å². The number of carboxylic acid groups (broad SMARTS) is 1. The second-order valence-corrected chi connectivity index (χ2v) is 9.37. The molecule has 3 N–H and O–H groups in total. The fourth-order valence-corrected chi connectivity index (χ4v) is 5.26. The third kappa shape index (κ3) is 5.41. The van der Waals surface area contributed by atoms with Gasteiger partial charge in [-0.25, -0.2) is 4.79 Å². The van der Waals surface area contributed by atoms with Crippen molar-refractivity contribution < 1.29 is 24.2 Å². The molecule has 4 rings (SSSR count). The van der Waals surface area contributed by atoms with E-state index in [1.807, 2.05) is 24.3 Å². The van der Waals surface area contributed by atoms with Gasteiger partial charge in [0.2, 0.25) is 5.91 Å². The number of carbonyl (C=O) groups excluding carboxylic acids is 2. The van der Waals surface area contributed by atoms with E-state index in [1.165, 1.54) is 11.1 Å². The molecule has 3 atom stereocenters. The van der Waals surface area contributed by atoms with Crippen LogP contribution in [0.25, 0.3) is 11.1 Å². The second-order valence-electron chi connectivity index (χ2n) is 9.37. The lowest BCUT2D eigenvalue weighted by molar-refractivity contribution is -0.145. The van der Waals surface area contributed by atoms with Crippen LogP contribution >= 0.6 is 0 Å². The van der Waals surface area contributed by atoms with Crippen molar-refractivity contribution in [2.75, 3.05) is 13.2 Å². The maximum absolute atomic E-state index is 12.4. The summed E-state index contributed by atoms with van der Waals surface area (Å²) < 4.78 is 5.54.